The van der Waals surface area contributed by atoms with E-state index in [2.05, 4.69) is 6.92 Å². The fourth-order valence-corrected chi connectivity index (χ4v) is 1.92. The minimum Gasteiger partial charge on any atom is -0.244 e. The molecule has 0 bridgehead atoms. The van der Waals surface area contributed by atoms with Crippen molar-refractivity contribution in [3.05, 3.63) is 0 Å². The van der Waals surface area contributed by atoms with Crippen molar-refractivity contribution >= 4 is 0 Å². The molecular formula is C9H17F. The van der Waals surface area contributed by atoms with E-state index in [4.69, 9.17) is 0 Å². The SMILES string of the molecule is CCC1(F)CCCC(C)C1. The summed E-state index contributed by atoms with van der Waals surface area (Å²) in [5.41, 5.74) is -0.808. The van der Waals surface area contributed by atoms with Gasteiger partial charge in [0, 0.05) is 0 Å². The van der Waals surface area contributed by atoms with Gasteiger partial charge in [-0.05, 0) is 25.2 Å². The maximum atomic E-state index is 13.6. The molecule has 0 saturated heterocycles. The van der Waals surface area contributed by atoms with Crippen molar-refractivity contribution in [3.8, 4) is 0 Å². The summed E-state index contributed by atoms with van der Waals surface area (Å²) in [6.45, 7) is 4.11. The fourth-order valence-electron chi connectivity index (χ4n) is 1.92. The van der Waals surface area contributed by atoms with Gasteiger partial charge in [-0.25, -0.2) is 4.39 Å². The molecule has 1 aliphatic carbocycles. The van der Waals surface area contributed by atoms with Crippen molar-refractivity contribution < 1.29 is 4.39 Å². The Labute approximate surface area is 62.8 Å². The Balaban J connectivity index is 2.45. The first-order valence-electron chi connectivity index (χ1n) is 4.35. The van der Waals surface area contributed by atoms with Gasteiger partial charge in [0.1, 0.15) is 5.67 Å². The number of alkyl halides is 1. The van der Waals surface area contributed by atoms with Gasteiger partial charge in [0.25, 0.3) is 0 Å². The summed E-state index contributed by atoms with van der Waals surface area (Å²) in [4.78, 5) is 0. The van der Waals surface area contributed by atoms with Crippen molar-refractivity contribution in [2.45, 2.75) is 51.6 Å². The molecule has 0 aromatic heterocycles. The molecule has 60 valence electrons. The molecule has 0 aromatic rings. The van der Waals surface area contributed by atoms with Crippen LogP contribution in [-0.4, -0.2) is 5.67 Å². The van der Waals surface area contributed by atoms with Crippen LogP contribution in [0, 0.1) is 5.92 Å². The van der Waals surface area contributed by atoms with Crippen LogP contribution in [0.3, 0.4) is 0 Å². The second-order valence-corrected chi connectivity index (χ2v) is 3.71. The summed E-state index contributed by atoms with van der Waals surface area (Å²) in [7, 11) is 0. The third-order valence-electron chi connectivity index (χ3n) is 2.67. The van der Waals surface area contributed by atoms with Crippen LogP contribution in [0.25, 0.3) is 0 Å². The topological polar surface area (TPSA) is 0 Å². The lowest BCUT2D eigenvalue weighted by Gasteiger charge is -2.32. The minimum absolute atomic E-state index is 0.610. The third-order valence-corrected chi connectivity index (χ3v) is 2.67. The fraction of sp³-hybridized carbons (Fsp3) is 1.00. The summed E-state index contributed by atoms with van der Waals surface area (Å²) in [5, 5.41) is 0. The number of rotatable bonds is 1. The maximum Gasteiger partial charge on any atom is 0.111 e. The van der Waals surface area contributed by atoms with Crippen molar-refractivity contribution in [2.75, 3.05) is 0 Å². The molecule has 2 unspecified atom stereocenters. The van der Waals surface area contributed by atoms with Crippen LogP contribution < -0.4 is 0 Å². The van der Waals surface area contributed by atoms with Crippen LogP contribution in [-0.2, 0) is 0 Å². The average Bonchev–Trinajstić information content (AvgIpc) is 1.88. The lowest BCUT2D eigenvalue weighted by molar-refractivity contribution is 0.0762. The molecule has 1 fully saturated rings. The van der Waals surface area contributed by atoms with Gasteiger partial charge in [-0.1, -0.05) is 26.7 Å². The molecule has 0 aromatic carbocycles. The first kappa shape index (κ1) is 8.03. The lowest BCUT2D eigenvalue weighted by Crippen LogP contribution is -2.28. The molecule has 2 atom stereocenters. The molecule has 0 heterocycles. The zero-order chi connectivity index (χ0) is 7.61. The summed E-state index contributed by atoms with van der Waals surface area (Å²) in [5.74, 6) is 0.610. The van der Waals surface area contributed by atoms with Crippen LogP contribution >= 0.6 is 0 Å². The van der Waals surface area contributed by atoms with Gasteiger partial charge < -0.3 is 0 Å². The Bertz CT molecular complexity index is 111. The maximum absolute atomic E-state index is 13.6. The van der Waals surface area contributed by atoms with Gasteiger partial charge in [-0.3, -0.25) is 0 Å². The van der Waals surface area contributed by atoms with E-state index >= 15 is 0 Å². The van der Waals surface area contributed by atoms with Crippen LogP contribution in [0.4, 0.5) is 4.39 Å². The minimum atomic E-state index is -0.808. The molecular weight excluding hydrogens is 127 g/mol. The Hall–Kier alpha value is -0.0700. The smallest absolute Gasteiger partial charge is 0.111 e. The molecule has 0 nitrogen and oxygen atoms in total. The molecule has 1 heteroatoms. The van der Waals surface area contributed by atoms with Crippen molar-refractivity contribution in [1.82, 2.24) is 0 Å². The second kappa shape index (κ2) is 2.89. The zero-order valence-corrected chi connectivity index (χ0v) is 6.99. The average molecular weight is 144 g/mol. The van der Waals surface area contributed by atoms with E-state index in [0.29, 0.717) is 12.3 Å². The van der Waals surface area contributed by atoms with E-state index < -0.39 is 5.67 Å². The van der Waals surface area contributed by atoms with Crippen molar-refractivity contribution in [3.63, 3.8) is 0 Å². The molecule has 0 spiro atoms. The quantitative estimate of drug-likeness (QED) is 0.529. The second-order valence-electron chi connectivity index (χ2n) is 3.71. The van der Waals surface area contributed by atoms with Gasteiger partial charge in [0.15, 0.2) is 0 Å². The summed E-state index contributed by atoms with van der Waals surface area (Å²) in [6, 6.07) is 0. The van der Waals surface area contributed by atoms with E-state index in [-0.39, 0.29) is 0 Å². The van der Waals surface area contributed by atoms with E-state index in [0.717, 1.165) is 19.3 Å². The molecule has 1 saturated carbocycles. The highest BCUT2D eigenvalue weighted by Gasteiger charge is 2.32. The van der Waals surface area contributed by atoms with Gasteiger partial charge in [-0.2, -0.15) is 0 Å². The summed E-state index contributed by atoms with van der Waals surface area (Å²) in [6.07, 6.45) is 4.62. The summed E-state index contributed by atoms with van der Waals surface area (Å²) >= 11 is 0. The highest BCUT2D eigenvalue weighted by atomic mass is 19.1. The van der Waals surface area contributed by atoms with E-state index in [9.17, 15) is 4.39 Å². The first-order chi connectivity index (χ1) is 4.66. The predicted molar refractivity (Wildman–Crippen MR) is 41.8 cm³/mol. The van der Waals surface area contributed by atoms with Gasteiger partial charge >= 0.3 is 0 Å². The third kappa shape index (κ3) is 1.71. The molecule has 0 N–H and O–H groups in total. The van der Waals surface area contributed by atoms with Crippen LogP contribution in [0.5, 0.6) is 0 Å². The number of hydrogen-bond acceptors (Lipinski definition) is 0. The molecule has 0 aliphatic heterocycles. The van der Waals surface area contributed by atoms with E-state index in [1.807, 2.05) is 6.92 Å². The van der Waals surface area contributed by atoms with Gasteiger partial charge in [-0.15, -0.1) is 0 Å². The van der Waals surface area contributed by atoms with Crippen LogP contribution in [0.1, 0.15) is 46.0 Å². The van der Waals surface area contributed by atoms with Crippen molar-refractivity contribution in [1.29, 1.82) is 0 Å². The van der Waals surface area contributed by atoms with E-state index in [1.54, 1.807) is 0 Å². The summed E-state index contributed by atoms with van der Waals surface area (Å²) < 4.78 is 13.6. The normalized spacial score (nSPS) is 41.7. The first-order valence-corrected chi connectivity index (χ1v) is 4.35. The van der Waals surface area contributed by atoms with Crippen LogP contribution in [0.15, 0.2) is 0 Å². The molecule has 1 rings (SSSR count). The standard InChI is InChI=1S/C9H17F/c1-3-9(10)6-4-5-8(2)7-9/h8H,3-7H2,1-2H3. The number of hydrogen-bond donors (Lipinski definition) is 0. The zero-order valence-electron chi connectivity index (χ0n) is 6.99. The Kier molecular flexibility index (Phi) is 2.32. The Morgan fingerprint density at radius 3 is 2.70 bits per heavy atom. The monoisotopic (exact) mass is 144 g/mol. The predicted octanol–water partition coefficient (Wildman–Crippen LogP) is 3.31. The highest BCUT2D eigenvalue weighted by Crippen LogP contribution is 2.37. The van der Waals surface area contributed by atoms with E-state index in [1.165, 1.54) is 6.42 Å². The highest BCUT2D eigenvalue weighted by molar-refractivity contribution is 4.83. The van der Waals surface area contributed by atoms with Gasteiger partial charge in [0.2, 0.25) is 0 Å². The molecule has 1 aliphatic rings. The molecule has 0 amide bonds. The Morgan fingerprint density at radius 1 is 1.60 bits per heavy atom. The lowest BCUT2D eigenvalue weighted by atomic mass is 9.79. The van der Waals surface area contributed by atoms with Crippen LogP contribution in [0.2, 0.25) is 0 Å². The molecule has 0 radical (unpaired) electrons. The van der Waals surface area contributed by atoms with Crippen molar-refractivity contribution in [2.24, 2.45) is 5.92 Å². The molecule has 10 heavy (non-hydrogen) atoms. The largest absolute Gasteiger partial charge is 0.244 e. The van der Waals surface area contributed by atoms with Gasteiger partial charge in [0.05, 0.1) is 0 Å². The Morgan fingerprint density at radius 2 is 2.30 bits per heavy atom. The number of halogens is 1.